The van der Waals surface area contributed by atoms with E-state index >= 15 is 0 Å². The predicted molar refractivity (Wildman–Crippen MR) is 57.5 cm³/mol. The third-order valence-corrected chi connectivity index (χ3v) is 1.78. The van der Waals surface area contributed by atoms with Crippen molar-refractivity contribution in [2.24, 2.45) is 0 Å². The third kappa shape index (κ3) is 2.61. The lowest BCUT2D eigenvalue weighted by atomic mass is 10.2. The topological polar surface area (TPSA) is 52.6 Å². The quantitative estimate of drug-likeness (QED) is 0.253. The minimum Gasteiger partial charge on any atom is -0.493 e. The van der Waals surface area contributed by atoms with Gasteiger partial charge < -0.3 is 9.47 Å². The monoisotopic (exact) mass is 218 g/mol. The van der Waals surface area contributed by atoms with Crippen LogP contribution in [0.15, 0.2) is 18.2 Å². The van der Waals surface area contributed by atoms with Crippen LogP contribution in [0.2, 0.25) is 0 Å². The highest BCUT2D eigenvalue weighted by Gasteiger charge is 2.12. The van der Waals surface area contributed by atoms with Crippen molar-refractivity contribution in [2.45, 2.75) is 6.92 Å². The molecule has 0 aliphatic heterocycles. The molecule has 0 atom stereocenters. The summed E-state index contributed by atoms with van der Waals surface area (Å²) in [5.41, 5.74) is 0.241. The van der Waals surface area contributed by atoms with Crippen LogP contribution in [0.25, 0.3) is 0 Å². The Bertz CT molecular complexity index is 466. The number of carbonyl (C=O) groups excluding carboxylic acids is 2. The molecule has 0 aliphatic rings. The second kappa shape index (κ2) is 5.56. The summed E-state index contributed by atoms with van der Waals surface area (Å²) in [6, 6.07) is 4.75. The van der Waals surface area contributed by atoms with E-state index in [-0.39, 0.29) is 11.3 Å². The van der Waals surface area contributed by atoms with Crippen molar-refractivity contribution in [1.82, 2.24) is 0 Å². The molecule has 0 heterocycles. The summed E-state index contributed by atoms with van der Waals surface area (Å²) in [5, 5.41) is 0. The van der Waals surface area contributed by atoms with Gasteiger partial charge in [-0.05, 0) is 19.1 Å². The lowest BCUT2D eigenvalue weighted by Crippen LogP contribution is -2.07. The van der Waals surface area contributed by atoms with E-state index in [1.807, 2.05) is 0 Å². The van der Waals surface area contributed by atoms with E-state index in [0.29, 0.717) is 12.0 Å². The molecule has 4 nitrogen and oxygen atoms in total. The van der Waals surface area contributed by atoms with Crippen LogP contribution >= 0.6 is 0 Å². The Morgan fingerprint density at radius 3 is 2.75 bits per heavy atom. The van der Waals surface area contributed by atoms with Gasteiger partial charge in [0.15, 0.2) is 17.8 Å². The molecule has 1 rings (SSSR count). The minimum atomic E-state index is -0.727. The lowest BCUT2D eigenvalue weighted by Gasteiger charge is -2.08. The third-order valence-electron chi connectivity index (χ3n) is 1.78. The van der Waals surface area contributed by atoms with Gasteiger partial charge in [-0.15, -0.1) is 0 Å². The van der Waals surface area contributed by atoms with E-state index in [0.717, 1.165) is 0 Å². The van der Waals surface area contributed by atoms with Gasteiger partial charge in [0.05, 0.1) is 12.7 Å². The van der Waals surface area contributed by atoms with Crippen molar-refractivity contribution in [3.8, 4) is 23.3 Å². The van der Waals surface area contributed by atoms with Crippen LogP contribution in [0.1, 0.15) is 17.3 Å². The molecule has 0 bridgehead atoms. The summed E-state index contributed by atoms with van der Waals surface area (Å²) in [5.74, 6) is 4.30. The summed E-state index contributed by atoms with van der Waals surface area (Å²) in [6.07, 6.45) is 0.588. The highest BCUT2D eigenvalue weighted by Crippen LogP contribution is 2.29. The van der Waals surface area contributed by atoms with Crippen molar-refractivity contribution in [3.63, 3.8) is 0 Å². The molecule has 0 radical (unpaired) electrons. The van der Waals surface area contributed by atoms with Crippen LogP contribution in [0.3, 0.4) is 0 Å². The average Bonchev–Trinajstić information content (AvgIpc) is 2.29. The van der Waals surface area contributed by atoms with E-state index < -0.39 is 5.97 Å². The van der Waals surface area contributed by atoms with Gasteiger partial charge in [0, 0.05) is 5.92 Å². The Balaban J connectivity index is 3.12. The van der Waals surface area contributed by atoms with Crippen LogP contribution < -0.4 is 9.47 Å². The van der Waals surface area contributed by atoms with E-state index in [1.54, 1.807) is 12.1 Å². The number of methoxy groups -OCH3 is 1. The fourth-order valence-electron chi connectivity index (χ4n) is 1.12. The fraction of sp³-hybridized carbons (Fsp3) is 0.167. The minimum absolute atomic E-state index is 0.0905. The number of carbonyl (C=O) groups is 2. The molecule has 0 fully saturated rings. The van der Waals surface area contributed by atoms with Gasteiger partial charge in [0.2, 0.25) is 0 Å². The van der Waals surface area contributed by atoms with Gasteiger partial charge >= 0.3 is 5.97 Å². The molecule has 82 valence electrons. The molecular weight excluding hydrogens is 208 g/mol. The Kier molecular flexibility index (Phi) is 4.10. The van der Waals surface area contributed by atoms with E-state index in [1.165, 1.54) is 20.1 Å². The standard InChI is InChI=1S/C12H10O4/c1-3-5-11(14)16-12-9(8-13)6-4-7-10(12)15-2/h4,6-8H,1-2H3. The van der Waals surface area contributed by atoms with E-state index in [2.05, 4.69) is 11.8 Å². The molecule has 0 unspecified atom stereocenters. The zero-order valence-corrected chi connectivity index (χ0v) is 8.94. The molecule has 0 spiro atoms. The first-order chi connectivity index (χ1) is 7.72. The van der Waals surface area contributed by atoms with Gasteiger partial charge in [0.1, 0.15) is 0 Å². The van der Waals surface area contributed by atoms with Crippen molar-refractivity contribution in [2.75, 3.05) is 7.11 Å². The second-order valence-electron chi connectivity index (χ2n) is 2.76. The lowest BCUT2D eigenvalue weighted by molar-refractivity contribution is -0.128. The average molecular weight is 218 g/mol. The van der Waals surface area contributed by atoms with Crippen molar-refractivity contribution < 1.29 is 19.1 Å². The molecule has 0 saturated carbocycles. The summed E-state index contributed by atoms with van der Waals surface area (Å²) in [4.78, 5) is 21.9. The molecule has 0 aliphatic carbocycles. The maximum atomic E-state index is 11.2. The molecule has 0 N–H and O–H groups in total. The van der Waals surface area contributed by atoms with Crippen LogP contribution in [-0.4, -0.2) is 19.4 Å². The zero-order valence-electron chi connectivity index (χ0n) is 8.94. The van der Waals surface area contributed by atoms with Crippen molar-refractivity contribution in [3.05, 3.63) is 23.8 Å². The van der Waals surface area contributed by atoms with Gasteiger partial charge in [0.25, 0.3) is 0 Å². The Morgan fingerprint density at radius 2 is 2.19 bits per heavy atom. The summed E-state index contributed by atoms with van der Waals surface area (Å²) in [6.45, 7) is 1.52. The Labute approximate surface area is 93.2 Å². The van der Waals surface area contributed by atoms with Crippen LogP contribution in [0.4, 0.5) is 0 Å². The first-order valence-corrected chi connectivity index (χ1v) is 4.49. The first kappa shape index (κ1) is 11.8. The highest BCUT2D eigenvalue weighted by atomic mass is 16.6. The summed E-state index contributed by atoms with van der Waals surface area (Å²) < 4.78 is 9.91. The largest absolute Gasteiger partial charge is 0.493 e. The van der Waals surface area contributed by atoms with Crippen LogP contribution in [0, 0.1) is 11.8 Å². The van der Waals surface area contributed by atoms with Crippen LogP contribution in [-0.2, 0) is 4.79 Å². The molecule has 1 aromatic rings. The molecule has 16 heavy (non-hydrogen) atoms. The van der Waals surface area contributed by atoms with Crippen molar-refractivity contribution >= 4 is 12.3 Å². The van der Waals surface area contributed by atoms with Gasteiger partial charge in [-0.25, -0.2) is 4.79 Å². The molecule has 1 aromatic carbocycles. The normalized spacial score (nSPS) is 8.62. The molecule has 0 aromatic heterocycles. The maximum Gasteiger partial charge on any atom is 0.389 e. The fourth-order valence-corrected chi connectivity index (χ4v) is 1.12. The van der Waals surface area contributed by atoms with Crippen LogP contribution in [0.5, 0.6) is 11.5 Å². The molecule has 0 saturated heterocycles. The zero-order chi connectivity index (χ0) is 12.0. The van der Waals surface area contributed by atoms with E-state index in [9.17, 15) is 9.59 Å². The number of benzene rings is 1. The number of ether oxygens (including phenoxy) is 2. The maximum absolute atomic E-state index is 11.2. The SMILES string of the molecule is CC#CC(=O)Oc1c(C=O)cccc1OC. The number of hydrogen-bond acceptors (Lipinski definition) is 4. The van der Waals surface area contributed by atoms with E-state index in [4.69, 9.17) is 9.47 Å². The Hall–Kier alpha value is -2.28. The predicted octanol–water partition coefficient (Wildman–Crippen LogP) is 1.44. The number of para-hydroxylation sites is 1. The molecular formula is C12H10O4. The Morgan fingerprint density at radius 1 is 1.44 bits per heavy atom. The van der Waals surface area contributed by atoms with Crippen molar-refractivity contribution in [1.29, 1.82) is 0 Å². The number of esters is 1. The van der Waals surface area contributed by atoms with Gasteiger partial charge in [-0.3, -0.25) is 4.79 Å². The molecule has 4 heteroatoms. The highest BCUT2D eigenvalue weighted by molar-refractivity contribution is 5.92. The smallest absolute Gasteiger partial charge is 0.389 e. The summed E-state index contributed by atoms with van der Waals surface area (Å²) >= 11 is 0. The van der Waals surface area contributed by atoms with Gasteiger partial charge in [-0.1, -0.05) is 12.0 Å². The first-order valence-electron chi connectivity index (χ1n) is 4.49. The van der Waals surface area contributed by atoms with Gasteiger partial charge in [-0.2, -0.15) is 0 Å². The number of hydrogen-bond donors (Lipinski definition) is 0. The summed E-state index contributed by atoms with van der Waals surface area (Å²) in [7, 11) is 1.42. The number of aldehydes is 1. The molecule has 0 amide bonds. The second-order valence-corrected chi connectivity index (χ2v) is 2.76. The number of rotatable bonds is 3.